The molecule has 1 amide bonds. The summed E-state index contributed by atoms with van der Waals surface area (Å²) in [6, 6.07) is 4.20. The Morgan fingerprint density at radius 2 is 2.00 bits per heavy atom. The predicted molar refractivity (Wildman–Crippen MR) is 125 cm³/mol. The number of carbonyl (C=O) groups is 2. The summed E-state index contributed by atoms with van der Waals surface area (Å²) < 4.78 is 12.8. The van der Waals surface area contributed by atoms with Crippen molar-refractivity contribution in [3.63, 3.8) is 0 Å². The zero-order valence-corrected chi connectivity index (χ0v) is 20.1. The molecule has 2 fully saturated rings. The summed E-state index contributed by atoms with van der Waals surface area (Å²) in [6.45, 7) is 9.94. The second-order valence-corrected chi connectivity index (χ2v) is 10.1. The van der Waals surface area contributed by atoms with Gasteiger partial charge in [0.25, 0.3) is 0 Å². The average molecular weight is 442 g/mol. The van der Waals surface area contributed by atoms with Gasteiger partial charge in [-0.3, -0.25) is 9.69 Å². The molecule has 0 unspecified atom stereocenters. The van der Waals surface area contributed by atoms with Gasteiger partial charge in [0.05, 0.1) is 37.0 Å². The fraction of sp³-hybridized carbons (Fsp3) is 0.600. The highest BCUT2D eigenvalue weighted by Gasteiger charge is 2.43. The summed E-state index contributed by atoms with van der Waals surface area (Å²) in [7, 11) is 3.48. The molecule has 0 radical (unpaired) electrons. The molecule has 1 N–H and O–H groups in total. The van der Waals surface area contributed by atoms with Crippen LogP contribution in [0.15, 0.2) is 12.1 Å². The van der Waals surface area contributed by atoms with E-state index in [-0.39, 0.29) is 12.5 Å². The van der Waals surface area contributed by atoms with Crippen molar-refractivity contribution in [2.45, 2.75) is 53.0 Å². The highest BCUT2D eigenvalue weighted by atomic mass is 16.5. The number of fused-ring (bicyclic) bond motifs is 3. The number of anilines is 1. The summed E-state index contributed by atoms with van der Waals surface area (Å²) in [4.78, 5) is 28.3. The van der Waals surface area contributed by atoms with Gasteiger partial charge in [-0.2, -0.15) is 0 Å². The van der Waals surface area contributed by atoms with Crippen LogP contribution in [0.2, 0.25) is 0 Å². The van der Waals surface area contributed by atoms with Crippen LogP contribution in [0.5, 0.6) is 5.75 Å². The number of aryl methyl sites for hydroxylation is 1. The molecule has 7 heteroatoms. The van der Waals surface area contributed by atoms with Gasteiger partial charge in [0.2, 0.25) is 5.91 Å². The van der Waals surface area contributed by atoms with Crippen LogP contribution in [0.3, 0.4) is 0 Å². The van der Waals surface area contributed by atoms with Crippen molar-refractivity contribution in [3.05, 3.63) is 23.4 Å². The lowest BCUT2D eigenvalue weighted by atomic mass is 9.72. The molecule has 2 aromatic rings. The number of rotatable bonds is 6. The Labute approximate surface area is 190 Å². The van der Waals surface area contributed by atoms with E-state index in [4.69, 9.17) is 9.47 Å². The molecule has 174 valence electrons. The molecule has 2 heterocycles. The first-order valence-electron chi connectivity index (χ1n) is 11.5. The molecule has 1 aromatic carbocycles. The topological polar surface area (TPSA) is 72.8 Å². The van der Waals surface area contributed by atoms with Gasteiger partial charge in [0.1, 0.15) is 5.75 Å². The van der Waals surface area contributed by atoms with Crippen LogP contribution in [-0.2, 0) is 16.6 Å². The zero-order valence-electron chi connectivity index (χ0n) is 20.1. The first-order chi connectivity index (χ1) is 15.1. The third-order valence-electron chi connectivity index (χ3n) is 7.18. The first-order valence-corrected chi connectivity index (χ1v) is 11.5. The molecule has 0 spiro atoms. The molecular formula is C25H35N3O4. The summed E-state index contributed by atoms with van der Waals surface area (Å²) in [6.07, 6.45) is 3.53. The van der Waals surface area contributed by atoms with E-state index in [0.717, 1.165) is 24.2 Å². The second kappa shape index (κ2) is 8.43. The number of amides is 1. The fourth-order valence-corrected chi connectivity index (χ4v) is 5.89. The van der Waals surface area contributed by atoms with Crippen LogP contribution in [-0.4, -0.2) is 54.2 Å². The van der Waals surface area contributed by atoms with Gasteiger partial charge in [0, 0.05) is 30.7 Å². The largest absolute Gasteiger partial charge is 0.495 e. The SMILES string of the molecule is CCOC(=O)c1c(C)n(C)c2ccc(OC)c(NC(=O)CN3C[C@H]4C[C@@H]3CC(C)(C)C4)c12. The normalized spacial score (nSPS) is 22.2. The van der Waals surface area contributed by atoms with Gasteiger partial charge in [0.15, 0.2) is 0 Å². The van der Waals surface area contributed by atoms with Crippen molar-refractivity contribution in [1.29, 1.82) is 0 Å². The Bertz CT molecular complexity index is 1060. The fourth-order valence-electron chi connectivity index (χ4n) is 5.89. The van der Waals surface area contributed by atoms with Gasteiger partial charge in [-0.1, -0.05) is 13.8 Å². The number of nitrogens with zero attached hydrogens (tertiary/aromatic N) is 2. The molecular weight excluding hydrogens is 406 g/mol. The molecule has 7 nitrogen and oxygen atoms in total. The number of aromatic nitrogens is 1. The maximum absolute atomic E-state index is 13.2. The number of methoxy groups -OCH3 is 1. The van der Waals surface area contributed by atoms with Crippen LogP contribution in [0.25, 0.3) is 10.9 Å². The van der Waals surface area contributed by atoms with E-state index in [1.165, 1.54) is 12.8 Å². The van der Waals surface area contributed by atoms with E-state index < -0.39 is 5.97 Å². The molecule has 4 rings (SSSR count). The minimum atomic E-state index is -0.394. The van der Waals surface area contributed by atoms with Crippen LogP contribution in [0.4, 0.5) is 5.69 Å². The highest BCUT2D eigenvalue weighted by molar-refractivity contribution is 6.14. The Hall–Kier alpha value is -2.54. The Kier molecular flexibility index (Phi) is 5.96. The van der Waals surface area contributed by atoms with Crippen molar-refractivity contribution in [2.75, 3.05) is 32.1 Å². The predicted octanol–water partition coefficient (Wildman–Crippen LogP) is 4.12. The standard InChI is InChI=1S/C25H35N3O4/c1-7-32-24(30)21-15(2)27(5)18-8-9-19(31-6)23(22(18)21)26-20(29)14-28-13-16-10-17(28)12-25(3,4)11-16/h8-9,16-17H,7,10-14H2,1-6H3,(H,26,29)/t16-,17+/m0/s1. The van der Waals surface area contributed by atoms with Crippen LogP contribution < -0.4 is 10.1 Å². The molecule has 32 heavy (non-hydrogen) atoms. The van der Waals surface area contributed by atoms with Crippen molar-refractivity contribution >= 4 is 28.5 Å². The maximum atomic E-state index is 13.2. The van der Waals surface area contributed by atoms with E-state index in [1.807, 2.05) is 30.7 Å². The van der Waals surface area contributed by atoms with Crippen molar-refractivity contribution in [2.24, 2.45) is 18.4 Å². The van der Waals surface area contributed by atoms with Crippen LogP contribution >= 0.6 is 0 Å². The number of hydrogen-bond acceptors (Lipinski definition) is 5. The Balaban J connectivity index is 1.65. The van der Waals surface area contributed by atoms with E-state index in [2.05, 4.69) is 24.1 Å². The molecule has 2 bridgehead atoms. The summed E-state index contributed by atoms with van der Waals surface area (Å²) in [5.74, 6) is 0.720. The number of benzene rings is 1. The van der Waals surface area contributed by atoms with Crippen LogP contribution in [0, 0.1) is 18.3 Å². The van der Waals surface area contributed by atoms with Crippen molar-refractivity contribution in [3.8, 4) is 5.75 Å². The lowest BCUT2D eigenvalue weighted by Gasteiger charge is -2.35. The number of nitrogens with one attached hydrogen (secondary N) is 1. The quantitative estimate of drug-likeness (QED) is 0.683. The number of hydrogen-bond donors (Lipinski definition) is 1. The summed E-state index contributed by atoms with van der Waals surface area (Å²) in [5.41, 5.74) is 2.98. The number of likely N-dealkylation sites (tertiary alicyclic amines) is 1. The first kappa shape index (κ1) is 22.6. The highest BCUT2D eigenvalue weighted by Crippen LogP contribution is 2.45. The monoisotopic (exact) mass is 441 g/mol. The number of esters is 1. The third-order valence-corrected chi connectivity index (χ3v) is 7.18. The third kappa shape index (κ3) is 3.98. The molecule has 2 atom stereocenters. The van der Waals surface area contributed by atoms with E-state index in [0.29, 0.717) is 46.3 Å². The minimum absolute atomic E-state index is 0.0857. The lowest BCUT2D eigenvalue weighted by Crippen LogP contribution is -2.38. The molecule has 1 saturated heterocycles. The number of ether oxygens (including phenoxy) is 2. The van der Waals surface area contributed by atoms with Crippen LogP contribution in [0.1, 0.15) is 56.1 Å². The van der Waals surface area contributed by atoms with Gasteiger partial charge in [-0.05, 0) is 56.6 Å². The maximum Gasteiger partial charge on any atom is 0.340 e. The van der Waals surface area contributed by atoms with E-state index in [1.54, 1.807) is 14.0 Å². The van der Waals surface area contributed by atoms with E-state index >= 15 is 0 Å². The van der Waals surface area contributed by atoms with Gasteiger partial charge in [-0.25, -0.2) is 4.79 Å². The second-order valence-electron chi connectivity index (χ2n) is 10.1. The molecule has 1 aromatic heterocycles. The minimum Gasteiger partial charge on any atom is -0.495 e. The molecule has 1 aliphatic carbocycles. The summed E-state index contributed by atoms with van der Waals surface area (Å²) in [5, 5.41) is 3.75. The molecule has 2 aliphatic rings. The Morgan fingerprint density at radius 1 is 1.25 bits per heavy atom. The van der Waals surface area contributed by atoms with Gasteiger partial charge >= 0.3 is 5.97 Å². The summed E-state index contributed by atoms with van der Waals surface area (Å²) >= 11 is 0. The van der Waals surface area contributed by atoms with Crippen molar-refractivity contribution in [1.82, 2.24) is 9.47 Å². The van der Waals surface area contributed by atoms with E-state index in [9.17, 15) is 9.59 Å². The molecule has 1 aliphatic heterocycles. The van der Waals surface area contributed by atoms with Gasteiger partial charge < -0.3 is 19.4 Å². The smallest absolute Gasteiger partial charge is 0.340 e. The average Bonchev–Trinajstić information content (AvgIpc) is 3.15. The number of carbonyl (C=O) groups excluding carboxylic acids is 2. The van der Waals surface area contributed by atoms with Gasteiger partial charge in [-0.15, -0.1) is 0 Å². The Morgan fingerprint density at radius 3 is 2.69 bits per heavy atom. The van der Waals surface area contributed by atoms with Crippen molar-refractivity contribution < 1.29 is 19.1 Å². The molecule has 1 saturated carbocycles. The zero-order chi connectivity index (χ0) is 23.2. The lowest BCUT2D eigenvalue weighted by molar-refractivity contribution is -0.117.